The maximum absolute atomic E-state index is 12.1. The molecule has 0 aliphatic heterocycles. The number of Topliss-reactive ketones (excluding diaryl/α,β-unsaturated/α-hetero) is 1. The van der Waals surface area contributed by atoms with E-state index in [4.69, 9.17) is 0 Å². The molecule has 1 aliphatic rings. The Morgan fingerprint density at radius 1 is 1.20 bits per heavy atom. The Hall–Kier alpha value is -1.89. The van der Waals surface area contributed by atoms with Gasteiger partial charge in [-0.05, 0) is 17.2 Å². The van der Waals surface area contributed by atoms with Crippen molar-refractivity contribution in [3.63, 3.8) is 0 Å². The third-order valence-electron chi connectivity index (χ3n) is 2.66. The molecule has 0 bridgehead atoms. The number of benzene rings is 1. The topological polar surface area (TPSA) is 17.1 Å². The predicted molar refractivity (Wildman–Crippen MR) is 62.6 cm³/mol. The minimum absolute atomic E-state index is 0.109. The minimum Gasteiger partial charge on any atom is -0.293 e. The number of carbonyl (C=O) groups excluding carboxylic acids is 1. The molecule has 1 aromatic rings. The maximum Gasteiger partial charge on any atom is 0.174 e. The van der Waals surface area contributed by atoms with Gasteiger partial charge in [-0.2, -0.15) is 0 Å². The van der Waals surface area contributed by atoms with Crippen molar-refractivity contribution in [3.05, 3.63) is 66.3 Å². The summed E-state index contributed by atoms with van der Waals surface area (Å²) in [5, 5.41) is 0. The predicted octanol–water partition coefficient (Wildman–Crippen LogP) is 3.25. The zero-order chi connectivity index (χ0) is 10.8. The summed E-state index contributed by atoms with van der Waals surface area (Å²) in [6.07, 6.45) is 5.39. The van der Waals surface area contributed by atoms with E-state index >= 15 is 0 Å². The van der Waals surface area contributed by atoms with Crippen molar-refractivity contribution < 1.29 is 4.79 Å². The fourth-order valence-electron chi connectivity index (χ4n) is 1.86. The van der Waals surface area contributed by atoms with Crippen molar-refractivity contribution in [2.45, 2.75) is 0 Å². The highest BCUT2D eigenvalue weighted by Crippen LogP contribution is 2.29. The van der Waals surface area contributed by atoms with Crippen molar-refractivity contribution in [1.29, 1.82) is 0 Å². The van der Waals surface area contributed by atoms with Crippen LogP contribution in [-0.4, -0.2) is 5.78 Å². The molecule has 1 aromatic carbocycles. The van der Waals surface area contributed by atoms with Crippen LogP contribution in [0.15, 0.2) is 55.1 Å². The molecule has 2 rings (SSSR count). The Kier molecular flexibility index (Phi) is 2.38. The summed E-state index contributed by atoms with van der Waals surface area (Å²) in [6, 6.07) is 7.60. The van der Waals surface area contributed by atoms with E-state index in [-0.39, 0.29) is 11.7 Å². The third kappa shape index (κ3) is 1.46. The second-order valence-electron chi connectivity index (χ2n) is 3.51. The Labute approximate surface area is 89.4 Å². The van der Waals surface area contributed by atoms with Gasteiger partial charge in [0.25, 0.3) is 0 Å². The van der Waals surface area contributed by atoms with Gasteiger partial charge < -0.3 is 0 Å². The van der Waals surface area contributed by atoms with Crippen LogP contribution in [0.25, 0.3) is 6.08 Å². The summed E-state index contributed by atoms with van der Waals surface area (Å²) in [6.45, 7) is 7.42. The van der Waals surface area contributed by atoms with Gasteiger partial charge in [0.15, 0.2) is 5.78 Å². The zero-order valence-corrected chi connectivity index (χ0v) is 8.44. The molecule has 0 spiro atoms. The quantitative estimate of drug-likeness (QED) is 0.663. The van der Waals surface area contributed by atoms with E-state index in [9.17, 15) is 4.79 Å². The van der Waals surface area contributed by atoms with Gasteiger partial charge in [0, 0.05) is 5.56 Å². The molecule has 0 N–H and O–H groups in total. The van der Waals surface area contributed by atoms with Gasteiger partial charge in [-0.1, -0.05) is 43.0 Å². The monoisotopic (exact) mass is 196 g/mol. The number of carbonyl (C=O) groups is 1. The van der Waals surface area contributed by atoms with Crippen LogP contribution in [0.1, 0.15) is 15.9 Å². The standard InChI is InChI=1S/C14H12O/c1-3-10-9-11-7-5-6-8-13(11)14(15)12(10)4-2/h3-9,12H,1-2H2. The summed E-state index contributed by atoms with van der Waals surface area (Å²) >= 11 is 0. The lowest BCUT2D eigenvalue weighted by atomic mass is 9.82. The van der Waals surface area contributed by atoms with E-state index in [1.807, 2.05) is 30.3 Å². The van der Waals surface area contributed by atoms with Crippen LogP contribution in [0, 0.1) is 5.92 Å². The number of hydrogen-bond acceptors (Lipinski definition) is 1. The average Bonchev–Trinajstić information content (AvgIpc) is 2.29. The normalized spacial score (nSPS) is 19.1. The maximum atomic E-state index is 12.1. The fourth-order valence-corrected chi connectivity index (χ4v) is 1.86. The van der Waals surface area contributed by atoms with Crippen LogP contribution in [0.4, 0.5) is 0 Å². The molecule has 15 heavy (non-hydrogen) atoms. The van der Waals surface area contributed by atoms with Crippen LogP contribution in [0.3, 0.4) is 0 Å². The van der Waals surface area contributed by atoms with Gasteiger partial charge in [0.1, 0.15) is 0 Å². The average molecular weight is 196 g/mol. The molecule has 0 radical (unpaired) electrons. The van der Waals surface area contributed by atoms with Gasteiger partial charge in [0.05, 0.1) is 5.92 Å². The number of fused-ring (bicyclic) bond motifs is 1. The lowest BCUT2D eigenvalue weighted by molar-refractivity contribution is 0.0960. The molecule has 0 fully saturated rings. The summed E-state index contributed by atoms with van der Waals surface area (Å²) < 4.78 is 0. The Morgan fingerprint density at radius 2 is 1.93 bits per heavy atom. The van der Waals surface area contributed by atoms with Gasteiger partial charge in [-0.15, -0.1) is 6.58 Å². The van der Waals surface area contributed by atoms with E-state index in [1.54, 1.807) is 12.2 Å². The molecule has 0 heterocycles. The van der Waals surface area contributed by atoms with E-state index in [2.05, 4.69) is 13.2 Å². The molecule has 0 amide bonds. The first kappa shape index (κ1) is 9.66. The molecule has 0 saturated carbocycles. The Bertz CT molecular complexity index is 466. The molecule has 1 heteroatoms. The SMILES string of the molecule is C=CC1=Cc2ccccc2C(=O)C1C=C. The van der Waals surface area contributed by atoms with Crippen molar-refractivity contribution in [3.8, 4) is 0 Å². The second-order valence-corrected chi connectivity index (χ2v) is 3.51. The number of rotatable bonds is 2. The van der Waals surface area contributed by atoms with E-state index in [1.165, 1.54) is 0 Å². The first-order chi connectivity index (χ1) is 7.27. The lowest BCUT2D eigenvalue weighted by Gasteiger charge is -2.19. The Morgan fingerprint density at radius 3 is 2.60 bits per heavy atom. The van der Waals surface area contributed by atoms with Gasteiger partial charge in [0.2, 0.25) is 0 Å². The molecule has 1 atom stereocenters. The first-order valence-corrected chi connectivity index (χ1v) is 4.87. The second kappa shape index (κ2) is 3.70. The van der Waals surface area contributed by atoms with Crippen LogP contribution in [0.5, 0.6) is 0 Å². The van der Waals surface area contributed by atoms with Gasteiger partial charge in [-0.25, -0.2) is 0 Å². The fraction of sp³-hybridized carbons (Fsp3) is 0.0714. The first-order valence-electron chi connectivity index (χ1n) is 4.87. The Balaban J connectivity index is 2.63. The van der Waals surface area contributed by atoms with Crippen molar-refractivity contribution in [2.24, 2.45) is 5.92 Å². The van der Waals surface area contributed by atoms with Crippen molar-refractivity contribution >= 4 is 11.9 Å². The number of ketones is 1. The zero-order valence-electron chi connectivity index (χ0n) is 8.44. The van der Waals surface area contributed by atoms with Gasteiger partial charge in [-0.3, -0.25) is 4.79 Å². The van der Waals surface area contributed by atoms with E-state index < -0.39 is 0 Å². The highest BCUT2D eigenvalue weighted by molar-refractivity contribution is 6.07. The van der Waals surface area contributed by atoms with Gasteiger partial charge >= 0.3 is 0 Å². The molecule has 0 saturated heterocycles. The number of allylic oxidation sites excluding steroid dienone is 3. The van der Waals surface area contributed by atoms with Crippen LogP contribution < -0.4 is 0 Å². The molecule has 1 aliphatic carbocycles. The molecule has 0 aromatic heterocycles. The molecular formula is C14H12O. The third-order valence-corrected chi connectivity index (χ3v) is 2.66. The van der Waals surface area contributed by atoms with E-state index in [0.717, 1.165) is 16.7 Å². The van der Waals surface area contributed by atoms with Crippen LogP contribution in [-0.2, 0) is 0 Å². The smallest absolute Gasteiger partial charge is 0.174 e. The highest BCUT2D eigenvalue weighted by atomic mass is 16.1. The minimum atomic E-state index is -0.239. The molecule has 1 nitrogen and oxygen atoms in total. The molecular weight excluding hydrogens is 184 g/mol. The molecule has 1 unspecified atom stereocenters. The summed E-state index contributed by atoms with van der Waals surface area (Å²) in [5.41, 5.74) is 2.66. The summed E-state index contributed by atoms with van der Waals surface area (Å²) in [4.78, 5) is 12.1. The summed E-state index contributed by atoms with van der Waals surface area (Å²) in [5.74, 6) is -0.129. The molecule has 74 valence electrons. The van der Waals surface area contributed by atoms with Crippen molar-refractivity contribution in [1.82, 2.24) is 0 Å². The van der Waals surface area contributed by atoms with Crippen molar-refractivity contribution in [2.75, 3.05) is 0 Å². The highest BCUT2D eigenvalue weighted by Gasteiger charge is 2.25. The van der Waals surface area contributed by atoms with E-state index in [0.29, 0.717) is 0 Å². The van der Waals surface area contributed by atoms with Crippen LogP contribution >= 0.6 is 0 Å². The number of hydrogen-bond donors (Lipinski definition) is 0. The summed E-state index contributed by atoms with van der Waals surface area (Å²) in [7, 11) is 0. The lowest BCUT2D eigenvalue weighted by Crippen LogP contribution is -2.18. The largest absolute Gasteiger partial charge is 0.293 e. The van der Waals surface area contributed by atoms with Crippen LogP contribution in [0.2, 0.25) is 0 Å².